The van der Waals surface area contributed by atoms with Crippen LogP contribution in [-0.2, 0) is 6.54 Å². The van der Waals surface area contributed by atoms with Crippen LogP contribution >= 0.6 is 22.7 Å². The Balaban J connectivity index is 1.97. The first-order valence-corrected chi connectivity index (χ1v) is 7.73. The summed E-state index contributed by atoms with van der Waals surface area (Å²) in [6.07, 6.45) is 2.40. The highest BCUT2D eigenvalue weighted by atomic mass is 32.1. The summed E-state index contributed by atoms with van der Waals surface area (Å²) in [6.45, 7) is 5.24. The van der Waals surface area contributed by atoms with E-state index in [-0.39, 0.29) is 0 Å². The molecule has 2 nitrogen and oxygen atoms in total. The molecule has 0 saturated heterocycles. The highest BCUT2D eigenvalue weighted by molar-refractivity contribution is 7.10. The van der Waals surface area contributed by atoms with Gasteiger partial charge in [-0.1, -0.05) is 19.4 Å². The number of aryl methyl sites for hydroxylation is 1. The highest BCUT2D eigenvalue weighted by Gasteiger charge is 2.12. The first-order chi connectivity index (χ1) is 8.31. The van der Waals surface area contributed by atoms with Gasteiger partial charge in [-0.3, -0.25) is 0 Å². The summed E-state index contributed by atoms with van der Waals surface area (Å²) in [5.41, 5.74) is 3.08. The lowest BCUT2D eigenvalue weighted by atomic mass is 10.1. The van der Waals surface area contributed by atoms with Crippen LogP contribution in [0.3, 0.4) is 0 Å². The maximum atomic E-state index is 4.28. The van der Waals surface area contributed by atoms with Crippen molar-refractivity contribution in [2.24, 2.45) is 0 Å². The fourth-order valence-electron chi connectivity index (χ4n) is 1.83. The largest absolute Gasteiger partial charge is 0.304 e. The van der Waals surface area contributed by atoms with E-state index in [9.17, 15) is 0 Å². The van der Waals surface area contributed by atoms with Crippen LogP contribution in [0.4, 0.5) is 0 Å². The predicted molar refractivity (Wildman–Crippen MR) is 75.7 cm³/mol. The Bertz CT molecular complexity index is 434. The molecule has 0 spiro atoms. The highest BCUT2D eigenvalue weighted by Crippen LogP contribution is 2.24. The Morgan fingerprint density at radius 3 is 2.88 bits per heavy atom. The van der Waals surface area contributed by atoms with E-state index in [4.69, 9.17) is 0 Å². The molecule has 0 aliphatic heterocycles. The fourth-order valence-corrected chi connectivity index (χ4v) is 3.40. The first-order valence-electron chi connectivity index (χ1n) is 5.97. The lowest BCUT2D eigenvalue weighted by Crippen LogP contribution is -2.19. The molecular formula is C13H18N2S2. The van der Waals surface area contributed by atoms with Crippen molar-refractivity contribution in [3.05, 3.63) is 38.5 Å². The van der Waals surface area contributed by atoms with E-state index in [2.05, 4.69) is 41.7 Å². The van der Waals surface area contributed by atoms with Crippen LogP contribution < -0.4 is 5.32 Å². The molecular weight excluding hydrogens is 248 g/mol. The van der Waals surface area contributed by atoms with Crippen molar-refractivity contribution in [3.63, 3.8) is 0 Å². The summed E-state index contributed by atoms with van der Waals surface area (Å²) < 4.78 is 0. The average molecular weight is 266 g/mol. The predicted octanol–water partition coefficient (Wildman–Crippen LogP) is 4.14. The van der Waals surface area contributed by atoms with Crippen molar-refractivity contribution < 1.29 is 0 Å². The van der Waals surface area contributed by atoms with E-state index in [1.165, 1.54) is 22.6 Å². The van der Waals surface area contributed by atoms with Crippen LogP contribution in [0.1, 0.15) is 41.3 Å². The lowest BCUT2D eigenvalue weighted by Gasteiger charge is -2.16. The van der Waals surface area contributed by atoms with Gasteiger partial charge in [0.2, 0.25) is 0 Å². The molecule has 0 radical (unpaired) electrons. The van der Waals surface area contributed by atoms with Crippen molar-refractivity contribution in [3.8, 4) is 0 Å². The first kappa shape index (κ1) is 12.7. The van der Waals surface area contributed by atoms with Gasteiger partial charge in [-0.15, -0.1) is 22.7 Å². The normalized spacial score (nSPS) is 12.8. The maximum Gasteiger partial charge on any atom is 0.0798 e. The number of thiazole rings is 1. The van der Waals surface area contributed by atoms with E-state index in [1.54, 1.807) is 11.3 Å². The number of hydrogen-bond donors (Lipinski definition) is 1. The Morgan fingerprint density at radius 1 is 1.41 bits per heavy atom. The molecule has 1 unspecified atom stereocenters. The zero-order valence-corrected chi connectivity index (χ0v) is 11.9. The average Bonchev–Trinajstić information content (AvgIpc) is 2.96. The molecule has 1 N–H and O–H groups in total. The number of nitrogens with zero attached hydrogens (tertiary/aromatic N) is 1. The molecule has 17 heavy (non-hydrogen) atoms. The summed E-state index contributed by atoms with van der Waals surface area (Å²) >= 11 is 3.57. The number of rotatable bonds is 6. The quantitative estimate of drug-likeness (QED) is 0.850. The smallest absolute Gasteiger partial charge is 0.0798 e. The SMILES string of the molecule is CCCC(NCc1scnc1C)c1cccs1. The van der Waals surface area contributed by atoms with Gasteiger partial charge >= 0.3 is 0 Å². The van der Waals surface area contributed by atoms with Gasteiger partial charge in [-0.2, -0.15) is 0 Å². The van der Waals surface area contributed by atoms with Crippen molar-refractivity contribution in [1.82, 2.24) is 10.3 Å². The summed E-state index contributed by atoms with van der Waals surface area (Å²) in [5.74, 6) is 0. The van der Waals surface area contributed by atoms with Crippen LogP contribution in [0.15, 0.2) is 23.0 Å². The van der Waals surface area contributed by atoms with Gasteiger partial charge in [0.05, 0.1) is 11.2 Å². The standard InChI is InChI=1S/C13H18N2S2/c1-3-5-11(12-6-4-7-16-12)14-8-13-10(2)15-9-17-13/h4,6-7,9,11,14H,3,5,8H2,1-2H3. The second kappa shape index (κ2) is 6.28. The minimum Gasteiger partial charge on any atom is -0.304 e. The van der Waals surface area contributed by atoms with E-state index in [1.807, 2.05) is 16.8 Å². The van der Waals surface area contributed by atoms with Crippen LogP contribution in [-0.4, -0.2) is 4.98 Å². The molecule has 0 bridgehead atoms. The Hall–Kier alpha value is -0.710. The van der Waals surface area contributed by atoms with Gasteiger partial charge in [-0.05, 0) is 24.8 Å². The molecule has 0 fully saturated rings. The molecule has 92 valence electrons. The summed E-state index contributed by atoms with van der Waals surface area (Å²) in [6, 6.07) is 4.83. The van der Waals surface area contributed by atoms with Gasteiger partial charge in [0.25, 0.3) is 0 Å². The lowest BCUT2D eigenvalue weighted by molar-refractivity contribution is 0.502. The van der Waals surface area contributed by atoms with Crippen molar-refractivity contribution in [2.75, 3.05) is 0 Å². The van der Waals surface area contributed by atoms with E-state index >= 15 is 0 Å². The Morgan fingerprint density at radius 2 is 2.29 bits per heavy atom. The molecule has 0 aromatic carbocycles. The molecule has 0 aliphatic carbocycles. The summed E-state index contributed by atoms with van der Waals surface area (Å²) in [5, 5.41) is 5.80. The van der Waals surface area contributed by atoms with Crippen molar-refractivity contribution in [1.29, 1.82) is 0 Å². The minimum absolute atomic E-state index is 0.487. The van der Waals surface area contributed by atoms with E-state index in [0.29, 0.717) is 6.04 Å². The van der Waals surface area contributed by atoms with Gasteiger partial charge in [-0.25, -0.2) is 4.98 Å². The number of thiophene rings is 1. The fraction of sp³-hybridized carbons (Fsp3) is 0.462. The van der Waals surface area contributed by atoms with Gasteiger partial charge < -0.3 is 5.32 Å². The molecule has 0 amide bonds. The second-order valence-electron chi connectivity index (χ2n) is 4.10. The third kappa shape index (κ3) is 3.37. The Labute approximate surface area is 111 Å². The molecule has 0 aliphatic rings. The van der Waals surface area contributed by atoms with Gasteiger partial charge in [0.15, 0.2) is 0 Å². The molecule has 2 rings (SSSR count). The second-order valence-corrected chi connectivity index (χ2v) is 6.02. The molecule has 2 aromatic rings. The minimum atomic E-state index is 0.487. The van der Waals surface area contributed by atoms with E-state index in [0.717, 1.165) is 12.2 Å². The molecule has 4 heteroatoms. The number of nitrogens with one attached hydrogen (secondary N) is 1. The monoisotopic (exact) mass is 266 g/mol. The summed E-state index contributed by atoms with van der Waals surface area (Å²) in [7, 11) is 0. The van der Waals surface area contributed by atoms with Gasteiger partial charge in [0, 0.05) is 22.3 Å². The third-order valence-electron chi connectivity index (χ3n) is 2.82. The molecule has 2 aromatic heterocycles. The van der Waals surface area contributed by atoms with Crippen LogP contribution in [0, 0.1) is 6.92 Å². The molecule has 1 atom stereocenters. The zero-order chi connectivity index (χ0) is 12.1. The molecule has 2 heterocycles. The Kier molecular flexibility index (Phi) is 4.71. The van der Waals surface area contributed by atoms with Crippen LogP contribution in [0.2, 0.25) is 0 Å². The van der Waals surface area contributed by atoms with Crippen LogP contribution in [0.5, 0.6) is 0 Å². The molecule has 0 saturated carbocycles. The third-order valence-corrected chi connectivity index (χ3v) is 4.74. The zero-order valence-electron chi connectivity index (χ0n) is 10.3. The maximum absolute atomic E-state index is 4.28. The number of aromatic nitrogens is 1. The van der Waals surface area contributed by atoms with E-state index < -0.39 is 0 Å². The summed E-state index contributed by atoms with van der Waals surface area (Å²) in [4.78, 5) is 7.07. The van der Waals surface area contributed by atoms with Crippen LogP contribution in [0.25, 0.3) is 0 Å². The topological polar surface area (TPSA) is 24.9 Å². The van der Waals surface area contributed by atoms with Crippen molar-refractivity contribution in [2.45, 2.75) is 39.3 Å². The number of hydrogen-bond acceptors (Lipinski definition) is 4. The van der Waals surface area contributed by atoms with Gasteiger partial charge in [0.1, 0.15) is 0 Å². The van der Waals surface area contributed by atoms with Crippen molar-refractivity contribution >= 4 is 22.7 Å².